The molecule has 2 aromatic rings. The van der Waals surface area contributed by atoms with Crippen molar-refractivity contribution in [2.24, 2.45) is 0 Å². The average molecular weight is 378 g/mol. The summed E-state index contributed by atoms with van der Waals surface area (Å²) in [6.07, 6.45) is 0. The summed E-state index contributed by atoms with van der Waals surface area (Å²) in [6.45, 7) is 2.79. The number of aryl methyl sites for hydroxylation is 1. The molecule has 138 valence electrons. The van der Waals surface area contributed by atoms with Crippen molar-refractivity contribution in [3.8, 4) is 0 Å². The van der Waals surface area contributed by atoms with E-state index in [1.807, 2.05) is 0 Å². The molecule has 26 heavy (non-hydrogen) atoms. The van der Waals surface area contributed by atoms with Crippen LogP contribution in [0.15, 0.2) is 53.4 Å². The molecule has 0 saturated carbocycles. The Hall–Kier alpha value is -2.94. The molecule has 0 unspecified atom stereocenters. The number of esters is 1. The van der Waals surface area contributed by atoms with E-state index >= 15 is 0 Å². The zero-order valence-electron chi connectivity index (χ0n) is 14.3. The standard InChI is InChI=1S/C17H18N2O6S/c1-3-25-17(20)12-18(14-9-5-4-8-13(14)2)26(23,24)16-11-7-6-10-15(16)19(21)22/h4-11H,3,12H2,1-2H3. The third kappa shape index (κ3) is 3.99. The molecule has 0 aliphatic heterocycles. The van der Waals surface area contributed by atoms with Gasteiger partial charge in [0.1, 0.15) is 6.54 Å². The van der Waals surface area contributed by atoms with E-state index in [-0.39, 0.29) is 12.3 Å². The summed E-state index contributed by atoms with van der Waals surface area (Å²) >= 11 is 0. The number of ether oxygens (including phenoxy) is 1. The number of benzene rings is 2. The van der Waals surface area contributed by atoms with Crippen molar-refractivity contribution in [1.82, 2.24) is 0 Å². The van der Waals surface area contributed by atoms with E-state index in [1.54, 1.807) is 32.0 Å². The molecule has 2 rings (SSSR count). The van der Waals surface area contributed by atoms with Gasteiger partial charge in [-0.1, -0.05) is 30.3 Å². The molecule has 0 heterocycles. The summed E-state index contributed by atoms with van der Waals surface area (Å²) in [4.78, 5) is 22.0. The van der Waals surface area contributed by atoms with Gasteiger partial charge in [-0.2, -0.15) is 0 Å². The second-order valence-electron chi connectivity index (χ2n) is 5.33. The Morgan fingerprint density at radius 3 is 2.38 bits per heavy atom. The van der Waals surface area contributed by atoms with Gasteiger partial charge in [-0.15, -0.1) is 0 Å². The number of nitro benzene ring substituents is 1. The Balaban J connectivity index is 2.63. The van der Waals surface area contributed by atoms with Crippen molar-refractivity contribution >= 4 is 27.4 Å². The molecule has 0 N–H and O–H groups in total. The van der Waals surface area contributed by atoms with Crippen LogP contribution in [0.2, 0.25) is 0 Å². The number of rotatable bonds is 7. The quantitative estimate of drug-likeness (QED) is 0.416. The first-order valence-corrected chi connectivity index (χ1v) is 9.20. The summed E-state index contributed by atoms with van der Waals surface area (Å²) in [5.41, 5.74) is 0.285. The van der Waals surface area contributed by atoms with E-state index in [9.17, 15) is 23.3 Å². The van der Waals surface area contributed by atoms with E-state index in [0.717, 1.165) is 16.4 Å². The minimum absolute atomic E-state index is 0.0893. The van der Waals surface area contributed by atoms with Gasteiger partial charge in [0.05, 0.1) is 17.2 Å². The number of sulfonamides is 1. The van der Waals surface area contributed by atoms with E-state index in [4.69, 9.17) is 4.74 Å². The zero-order chi connectivity index (χ0) is 19.3. The van der Waals surface area contributed by atoms with Gasteiger partial charge < -0.3 is 4.74 Å². The molecule has 2 aromatic carbocycles. The lowest BCUT2D eigenvalue weighted by Gasteiger charge is -2.25. The lowest BCUT2D eigenvalue weighted by Crippen LogP contribution is -2.37. The maximum atomic E-state index is 13.2. The van der Waals surface area contributed by atoms with Crippen LogP contribution in [0.4, 0.5) is 11.4 Å². The molecule has 0 aliphatic carbocycles. The molecule has 0 radical (unpaired) electrons. The number of carbonyl (C=O) groups is 1. The molecular formula is C17H18N2O6S. The predicted molar refractivity (Wildman–Crippen MR) is 95.4 cm³/mol. The third-order valence-electron chi connectivity index (χ3n) is 3.59. The van der Waals surface area contributed by atoms with E-state index < -0.39 is 38.0 Å². The van der Waals surface area contributed by atoms with Gasteiger partial charge in [-0.3, -0.25) is 19.2 Å². The summed E-state index contributed by atoms with van der Waals surface area (Å²) in [5, 5.41) is 11.3. The van der Waals surface area contributed by atoms with Crippen LogP contribution in [0.25, 0.3) is 0 Å². The van der Waals surface area contributed by atoms with Crippen LogP contribution < -0.4 is 4.31 Å². The number of hydrogen-bond donors (Lipinski definition) is 0. The summed E-state index contributed by atoms with van der Waals surface area (Å²) < 4.78 is 32.0. The molecular weight excluding hydrogens is 360 g/mol. The van der Waals surface area contributed by atoms with Crippen LogP contribution >= 0.6 is 0 Å². The molecule has 0 aliphatic rings. The Labute approximate surface area is 151 Å². The maximum Gasteiger partial charge on any atom is 0.326 e. The number of carbonyl (C=O) groups excluding carboxylic acids is 1. The summed E-state index contributed by atoms with van der Waals surface area (Å²) in [6, 6.07) is 11.6. The van der Waals surface area contributed by atoms with Crippen LogP contribution in [-0.4, -0.2) is 32.5 Å². The Kier molecular flexibility index (Phi) is 5.93. The van der Waals surface area contributed by atoms with Crippen molar-refractivity contribution < 1.29 is 22.9 Å². The minimum atomic E-state index is -4.37. The van der Waals surface area contributed by atoms with Crippen molar-refractivity contribution in [1.29, 1.82) is 0 Å². The topological polar surface area (TPSA) is 107 Å². The molecule has 0 bridgehead atoms. The van der Waals surface area contributed by atoms with Crippen molar-refractivity contribution in [2.45, 2.75) is 18.7 Å². The monoisotopic (exact) mass is 378 g/mol. The highest BCUT2D eigenvalue weighted by Gasteiger charge is 2.33. The van der Waals surface area contributed by atoms with Crippen LogP contribution in [0.3, 0.4) is 0 Å². The van der Waals surface area contributed by atoms with Gasteiger partial charge in [0.15, 0.2) is 4.90 Å². The van der Waals surface area contributed by atoms with Crippen molar-refractivity contribution in [2.75, 3.05) is 17.5 Å². The van der Waals surface area contributed by atoms with Crippen LogP contribution in [-0.2, 0) is 19.6 Å². The first kappa shape index (κ1) is 19.4. The highest BCUT2D eigenvalue weighted by atomic mass is 32.2. The van der Waals surface area contributed by atoms with Gasteiger partial charge in [0, 0.05) is 6.07 Å². The molecule has 0 amide bonds. The molecule has 8 nitrogen and oxygen atoms in total. The minimum Gasteiger partial charge on any atom is -0.465 e. The number of anilines is 1. The summed E-state index contributed by atoms with van der Waals surface area (Å²) in [5.74, 6) is -0.752. The van der Waals surface area contributed by atoms with Gasteiger partial charge in [0.2, 0.25) is 0 Å². The maximum absolute atomic E-state index is 13.2. The van der Waals surface area contributed by atoms with Crippen LogP contribution in [0.5, 0.6) is 0 Å². The number of para-hydroxylation sites is 2. The lowest BCUT2D eigenvalue weighted by molar-refractivity contribution is -0.387. The number of nitrogens with zero attached hydrogens (tertiary/aromatic N) is 2. The van der Waals surface area contributed by atoms with Gasteiger partial charge in [0.25, 0.3) is 15.7 Å². The normalized spacial score (nSPS) is 11.0. The molecule has 0 aromatic heterocycles. The number of nitro groups is 1. The van der Waals surface area contributed by atoms with E-state index in [1.165, 1.54) is 18.2 Å². The SMILES string of the molecule is CCOC(=O)CN(c1ccccc1C)S(=O)(=O)c1ccccc1[N+](=O)[O-]. The molecule has 9 heteroatoms. The van der Waals surface area contributed by atoms with Crippen molar-refractivity contribution in [3.05, 3.63) is 64.2 Å². The van der Waals surface area contributed by atoms with Crippen LogP contribution in [0.1, 0.15) is 12.5 Å². The smallest absolute Gasteiger partial charge is 0.326 e. The fourth-order valence-electron chi connectivity index (χ4n) is 2.41. The van der Waals surface area contributed by atoms with Crippen molar-refractivity contribution in [3.63, 3.8) is 0 Å². The molecule has 0 atom stereocenters. The second kappa shape index (κ2) is 7.96. The fourth-order valence-corrected chi connectivity index (χ4v) is 4.05. The molecule has 0 spiro atoms. The van der Waals surface area contributed by atoms with Gasteiger partial charge in [-0.25, -0.2) is 8.42 Å². The van der Waals surface area contributed by atoms with E-state index in [0.29, 0.717) is 5.56 Å². The molecule has 0 saturated heterocycles. The van der Waals surface area contributed by atoms with Gasteiger partial charge >= 0.3 is 5.97 Å². The lowest BCUT2D eigenvalue weighted by atomic mass is 10.2. The van der Waals surface area contributed by atoms with Gasteiger partial charge in [-0.05, 0) is 31.5 Å². The Morgan fingerprint density at radius 1 is 1.15 bits per heavy atom. The zero-order valence-corrected chi connectivity index (χ0v) is 15.1. The fraction of sp³-hybridized carbons (Fsp3) is 0.235. The molecule has 0 fully saturated rings. The largest absolute Gasteiger partial charge is 0.465 e. The summed E-state index contributed by atoms with van der Waals surface area (Å²) in [7, 11) is -4.37. The highest BCUT2D eigenvalue weighted by Crippen LogP contribution is 2.31. The first-order chi connectivity index (χ1) is 12.3. The second-order valence-corrected chi connectivity index (χ2v) is 7.16. The number of hydrogen-bond acceptors (Lipinski definition) is 6. The average Bonchev–Trinajstić information content (AvgIpc) is 2.60. The predicted octanol–water partition coefficient (Wildman–Crippen LogP) is 2.66. The Morgan fingerprint density at radius 2 is 1.77 bits per heavy atom. The van der Waals surface area contributed by atoms with Crippen LogP contribution in [0, 0.1) is 17.0 Å². The first-order valence-electron chi connectivity index (χ1n) is 7.76. The Bertz CT molecular complexity index is 926. The highest BCUT2D eigenvalue weighted by molar-refractivity contribution is 7.93. The third-order valence-corrected chi connectivity index (χ3v) is 5.40. The van der Waals surface area contributed by atoms with E-state index in [2.05, 4.69) is 0 Å².